The Morgan fingerprint density at radius 3 is 1.71 bits per heavy atom. The van der Waals surface area contributed by atoms with Crippen molar-refractivity contribution in [3.63, 3.8) is 0 Å². The van der Waals surface area contributed by atoms with Crippen LogP contribution in [0.25, 0.3) is 77.0 Å². The van der Waals surface area contributed by atoms with Crippen LogP contribution < -0.4 is 4.90 Å². The molecule has 0 unspecified atom stereocenters. The summed E-state index contributed by atoms with van der Waals surface area (Å²) in [5.41, 5.74) is 11.8. The van der Waals surface area contributed by atoms with E-state index in [1.54, 1.807) is 6.20 Å². The summed E-state index contributed by atoms with van der Waals surface area (Å²) < 4.78 is 6.53. The Balaban J connectivity index is 1.11. The quantitative estimate of drug-likeness (QED) is 0.177. The topological polar surface area (TPSA) is 29.3 Å². The average Bonchev–Trinajstić information content (AvgIpc) is 3.61. The molecule has 0 aliphatic heterocycles. The molecule has 0 radical (unpaired) electrons. The summed E-state index contributed by atoms with van der Waals surface area (Å²) >= 11 is 0. The van der Waals surface area contributed by atoms with Crippen LogP contribution in [0.2, 0.25) is 0 Å². The number of hydrogen-bond donors (Lipinski definition) is 0. The smallest absolute Gasteiger partial charge is 0.227 e. The second-order valence-electron chi connectivity index (χ2n) is 13.2. The SMILES string of the molecule is c1ccc(-c2ccc(-c3ccc(N(c4ccc(-c5cccc6ccccc56)cc4)c4cccc5ccc6c7cccnc7oc6c45)cc3)cc2)cc1. The fourth-order valence-electron chi connectivity index (χ4n) is 7.59. The summed E-state index contributed by atoms with van der Waals surface area (Å²) in [5, 5.41) is 6.72. The Morgan fingerprint density at radius 1 is 0.385 bits per heavy atom. The minimum atomic E-state index is 0.647. The van der Waals surface area contributed by atoms with Crippen molar-refractivity contribution in [2.75, 3.05) is 4.90 Å². The number of benzene rings is 8. The van der Waals surface area contributed by atoms with E-state index in [9.17, 15) is 0 Å². The predicted octanol–water partition coefficient (Wildman–Crippen LogP) is 13.8. The summed E-state index contributed by atoms with van der Waals surface area (Å²) in [6, 6.07) is 67.1. The number of pyridine rings is 1. The van der Waals surface area contributed by atoms with Gasteiger partial charge < -0.3 is 9.32 Å². The van der Waals surface area contributed by atoms with Gasteiger partial charge in [-0.15, -0.1) is 0 Å². The van der Waals surface area contributed by atoms with Crippen molar-refractivity contribution < 1.29 is 4.42 Å². The molecular weight excluding hydrogens is 633 g/mol. The van der Waals surface area contributed by atoms with Crippen LogP contribution in [0.15, 0.2) is 199 Å². The van der Waals surface area contributed by atoms with E-state index >= 15 is 0 Å². The summed E-state index contributed by atoms with van der Waals surface area (Å²) in [5.74, 6) is 0. The van der Waals surface area contributed by atoms with Crippen LogP contribution in [0.3, 0.4) is 0 Å². The molecule has 8 aromatic carbocycles. The first-order chi connectivity index (χ1) is 25.8. The van der Waals surface area contributed by atoms with E-state index in [1.807, 2.05) is 6.07 Å². The van der Waals surface area contributed by atoms with Gasteiger partial charge in [-0.2, -0.15) is 0 Å². The highest BCUT2D eigenvalue weighted by molar-refractivity contribution is 6.19. The second-order valence-corrected chi connectivity index (χ2v) is 13.2. The summed E-state index contributed by atoms with van der Waals surface area (Å²) in [7, 11) is 0. The van der Waals surface area contributed by atoms with Gasteiger partial charge in [0.1, 0.15) is 5.58 Å². The lowest BCUT2D eigenvalue weighted by molar-refractivity contribution is 0.657. The van der Waals surface area contributed by atoms with E-state index in [-0.39, 0.29) is 0 Å². The molecule has 0 N–H and O–H groups in total. The minimum Gasteiger partial charge on any atom is -0.437 e. The van der Waals surface area contributed by atoms with Crippen LogP contribution in [-0.4, -0.2) is 4.98 Å². The third-order valence-corrected chi connectivity index (χ3v) is 10.2. The van der Waals surface area contributed by atoms with Crippen molar-refractivity contribution >= 4 is 60.7 Å². The van der Waals surface area contributed by atoms with Crippen molar-refractivity contribution in [1.82, 2.24) is 4.98 Å². The van der Waals surface area contributed by atoms with Crippen molar-refractivity contribution in [2.45, 2.75) is 0 Å². The van der Waals surface area contributed by atoms with Gasteiger partial charge >= 0.3 is 0 Å². The van der Waals surface area contributed by atoms with Crippen LogP contribution >= 0.6 is 0 Å². The molecule has 0 aliphatic carbocycles. The zero-order valence-electron chi connectivity index (χ0n) is 28.3. The summed E-state index contributed by atoms with van der Waals surface area (Å²) in [4.78, 5) is 6.90. The van der Waals surface area contributed by atoms with Gasteiger partial charge in [-0.25, -0.2) is 4.98 Å². The molecule has 0 saturated carbocycles. The second kappa shape index (κ2) is 12.4. The van der Waals surface area contributed by atoms with Crippen LogP contribution in [-0.2, 0) is 0 Å². The monoisotopic (exact) mass is 664 g/mol. The van der Waals surface area contributed by atoms with Gasteiger partial charge in [-0.05, 0) is 98.1 Å². The molecule has 3 nitrogen and oxygen atoms in total. The molecule has 52 heavy (non-hydrogen) atoms. The third-order valence-electron chi connectivity index (χ3n) is 10.2. The van der Waals surface area contributed by atoms with Gasteiger partial charge in [0.15, 0.2) is 0 Å². The highest BCUT2D eigenvalue weighted by atomic mass is 16.3. The van der Waals surface area contributed by atoms with Crippen LogP contribution in [0.4, 0.5) is 17.1 Å². The van der Waals surface area contributed by atoms with Gasteiger partial charge in [0.2, 0.25) is 5.71 Å². The van der Waals surface area contributed by atoms with E-state index < -0.39 is 0 Å². The predicted molar refractivity (Wildman–Crippen MR) is 218 cm³/mol. The lowest BCUT2D eigenvalue weighted by atomic mass is 9.97. The molecule has 10 aromatic rings. The molecule has 0 saturated heterocycles. The van der Waals surface area contributed by atoms with Crippen LogP contribution in [0.5, 0.6) is 0 Å². The fraction of sp³-hybridized carbons (Fsp3) is 0. The van der Waals surface area contributed by atoms with Crippen LogP contribution in [0.1, 0.15) is 0 Å². The lowest BCUT2D eigenvalue weighted by Gasteiger charge is -2.27. The largest absolute Gasteiger partial charge is 0.437 e. The molecule has 0 aliphatic rings. The van der Waals surface area contributed by atoms with E-state index in [4.69, 9.17) is 4.42 Å². The number of fused-ring (bicyclic) bond motifs is 6. The highest BCUT2D eigenvalue weighted by Gasteiger charge is 2.20. The first-order valence-corrected chi connectivity index (χ1v) is 17.6. The lowest BCUT2D eigenvalue weighted by Crippen LogP contribution is -2.10. The molecule has 2 heterocycles. The third kappa shape index (κ3) is 5.10. The molecule has 0 spiro atoms. The Hall–Kier alpha value is -6.97. The standard InChI is InChI=1S/C49H32N2O/c1-2-9-33(10-3-1)34-18-20-35(21-19-34)36-22-27-40(28-23-36)51(41-29-24-38(25-30-41)43-15-6-12-37-11-4-5-14-42(37)43)46-17-7-13-39-26-31-44-45-16-8-32-50-49(45)52-48(44)47(39)46/h1-32H. The number of anilines is 3. The van der Waals surface area contributed by atoms with Crippen molar-refractivity contribution in [3.8, 4) is 33.4 Å². The summed E-state index contributed by atoms with van der Waals surface area (Å²) in [6.45, 7) is 0. The first kappa shape index (κ1) is 29.9. The van der Waals surface area contributed by atoms with E-state index in [0.717, 1.165) is 44.2 Å². The van der Waals surface area contributed by atoms with Gasteiger partial charge in [0.25, 0.3) is 0 Å². The maximum Gasteiger partial charge on any atom is 0.227 e. The number of hydrogen-bond acceptors (Lipinski definition) is 3. The van der Waals surface area contributed by atoms with Gasteiger partial charge in [-0.1, -0.05) is 140 Å². The number of rotatable bonds is 6. The Labute approximate surface area is 301 Å². The van der Waals surface area contributed by atoms with Crippen LogP contribution in [0, 0.1) is 0 Å². The average molecular weight is 665 g/mol. The normalized spacial score (nSPS) is 11.5. The van der Waals surface area contributed by atoms with E-state index in [0.29, 0.717) is 5.71 Å². The Bertz CT molecular complexity index is 2870. The zero-order chi connectivity index (χ0) is 34.4. The number of aromatic nitrogens is 1. The molecule has 0 fully saturated rings. The van der Waals surface area contributed by atoms with Crippen molar-refractivity contribution in [1.29, 1.82) is 0 Å². The molecule has 244 valence electrons. The summed E-state index contributed by atoms with van der Waals surface area (Å²) in [6.07, 6.45) is 1.79. The minimum absolute atomic E-state index is 0.647. The molecule has 2 aromatic heterocycles. The Kier molecular flexibility index (Phi) is 7.14. The van der Waals surface area contributed by atoms with Crippen molar-refractivity contribution in [2.24, 2.45) is 0 Å². The van der Waals surface area contributed by atoms with Gasteiger partial charge in [0.05, 0.1) is 5.69 Å². The first-order valence-electron chi connectivity index (χ1n) is 17.6. The maximum atomic E-state index is 6.53. The maximum absolute atomic E-state index is 6.53. The van der Waals surface area contributed by atoms with Gasteiger partial charge in [-0.3, -0.25) is 0 Å². The highest BCUT2D eigenvalue weighted by Crippen LogP contribution is 2.44. The van der Waals surface area contributed by atoms with Crippen molar-refractivity contribution in [3.05, 3.63) is 194 Å². The Morgan fingerprint density at radius 2 is 0.962 bits per heavy atom. The molecule has 0 amide bonds. The number of furan rings is 1. The molecule has 3 heteroatoms. The van der Waals surface area contributed by atoms with E-state index in [1.165, 1.54) is 44.2 Å². The van der Waals surface area contributed by atoms with Gasteiger partial charge in [0, 0.05) is 33.7 Å². The molecule has 0 atom stereocenters. The fourth-order valence-corrected chi connectivity index (χ4v) is 7.59. The molecule has 10 rings (SSSR count). The number of nitrogens with zero attached hydrogens (tertiary/aromatic N) is 2. The molecular formula is C49H32N2O. The zero-order valence-corrected chi connectivity index (χ0v) is 28.3. The molecule has 0 bridgehead atoms. The van der Waals surface area contributed by atoms with E-state index in [2.05, 4.69) is 192 Å².